The number of nitrogen functional groups attached to an aromatic ring is 1. The number of alkyl halides is 3. The molecule has 0 saturated heterocycles. The highest BCUT2D eigenvalue weighted by molar-refractivity contribution is 6.02. The van der Waals surface area contributed by atoms with Gasteiger partial charge in [0.05, 0.1) is 35.5 Å². The number of carbonyl (C=O) groups excluding carboxylic acids is 1. The molecule has 3 aromatic heterocycles. The number of aromatic nitrogens is 4. The van der Waals surface area contributed by atoms with Gasteiger partial charge in [0.15, 0.2) is 0 Å². The van der Waals surface area contributed by atoms with Gasteiger partial charge in [0.1, 0.15) is 17.4 Å². The number of rotatable bonds is 6. The zero-order valence-electron chi connectivity index (χ0n) is 21.7. The van der Waals surface area contributed by atoms with Crippen LogP contribution in [0, 0.1) is 5.82 Å². The molecule has 0 spiro atoms. The third kappa shape index (κ3) is 8.05. The first kappa shape index (κ1) is 32.5. The summed E-state index contributed by atoms with van der Waals surface area (Å²) in [5, 5.41) is 4.93. The highest BCUT2D eigenvalue weighted by atomic mass is 35.5. The topological polar surface area (TPSA) is 128 Å². The molecule has 9 nitrogen and oxygen atoms in total. The predicted octanol–water partition coefficient (Wildman–Crippen LogP) is 7.62. The predicted molar refractivity (Wildman–Crippen MR) is 158 cm³/mol. The van der Waals surface area contributed by atoms with Crippen LogP contribution in [0.2, 0.25) is 0 Å². The van der Waals surface area contributed by atoms with Gasteiger partial charge >= 0.3 is 18.2 Å². The van der Waals surface area contributed by atoms with Crippen LogP contribution in [0.15, 0.2) is 91.6 Å². The second-order valence-corrected chi connectivity index (χ2v) is 8.55. The fraction of sp³-hybridized carbons (Fsp3) is 0.0357. The van der Waals surface area contributed by atoms with Gasteiger partial charge in [-0.05, 0) is 42.0 Å². The molecule has 0 aliphatic carbocycles. The molecule has 15 heteroatoms. The van der Waals surface area contributed by atoms with Crippen LogP contribution < -0.4 is 21.1 Å². The molecule has 0 saturated carbocycles. The summed E-state index contributed by atoms with van der Waals surface area (Å²) in [5.41, 5.74) is 6.92. The molecule has 4 N–H and O–H groups in total. The summed E-state index contributed by atoms with van der Waals surface area (Å²) in [6, 6.07) is 13.3. The van der Waals surface area contributed by atoms with Crippen molar-refractivity contribution in [1.82, 2.24) is 19.9 Å². The molecule has 0 fully saturated rings. The van der Waals surface area contributed by atoms with Gasteiger partial charge in [-0.1, -0.05) is 24.3 Å². The SMILES string of the molecule is Cl.Cl.Nc1ncc(F)cc1-c1ccc(Oc2ncc(NC(=O)Nc3cc(C(F)(F)F)ccc3-c3cccnc3)cn2)cc1. The van der Waals surface area contributed by atoms with Crippen LogP contribution in [0.1, 0.15) is 5.56 Å². The maximum Gasteiger partial charge on any atom is 0.416 e. The molecule has 0 aliphatic heterocycles. The number of benzene rings is 2. The Bertz CT molecular complexity index is 1690. The van der Waals surface area contributed by atoms with Crippen molar-refractivity contribution in [3.8, 4) is 34.0 Å². The molecular weight excluding hydrogens is 613 g/mol. The Kier molecular flexibility index (Phi) is 10.4. The second kappa shape index (κ2) is 13.8. The quantitative estimate of drug-likeness (QED) is 0.164. The Hall–Kier alpha value is -5.01. The number of nitrogens with zero attached hydrogens (tertiary/aromatic N) is 4. The van der Waals surface area contributed by atoms with Crippen molar-refractivity contribution in [2.45, 2.75) is 6.18 Å². The smallest absolute Gasteiger partial charge is 0.416 e. The summed E-state index contributed by atoms with van der Waals surface area (Å²) in [5.74, 6) is 0.0357. The Morgan fingerprint density at radius 1 is 0.814 bits per heavy atom. The van der Waals surface area contributed by atoms with Gasteiger partial charge in [-0.15, -0.1) is 24.8 Å². The van der Waals surface area contributed by atoms with Crippen LogP contribution in [0.4, 0.5) is 39.5 Å². The number of halogens is 6. The van der Waals surface area contributed by atoms with Crippen LogP contribution in [-0.2, 0) is 6.18 Å². The molecular formula is C28H21Cl2F4N7O2. The molecule has 0 unspecified atom stereocenters. The molecule has 3 heterocycles. The number of urea groups is 1. The molecule has 2 amide bonds. The van der Waals surface area contributed by atoms with Gasteiger partial charge in [-0.25, -0.2) is 24.1 Å². The van der Waals surface area contributed by atoms with E-state index in [4.69, 9.17) is 10.5 Å². The summed E-state index contributed by atoms with van der Waals surface area (Å²) in [4.78, 5) is 28.5. The zero-order valence-corrected chi connectivity index (χ0v) is 23.3. The van der Waals surface area contributed by atoms with E-state index in [2.05, 4.69) is 30.6 Å². The van der Waals surface area contributed by atoms with Crippen LogP contribution in [0.3, 0.4) is 0 Å². The standard InChI is InChI=1S/C28H19F4N7O2.2ClH/c29-19-11-23(25(33)35-13-19)16-3-6-21(7-4-16)41-27-36-14-20(15-37-27)38-26(40)39-24-10-18(28(30,31)32)5-8-22(24)17-2-1-9-34-12-17;;/h1-15H,(H2,33,35)(H2,38,39,40);2*1H. The van der Waals surface area contributed by atoms with Gasteiger partial charge < -0.3 is 21.1 Å². The monoisotopic (exact) mass is 633 g/mol. The molecule has 5 aromatic rings. The Balaban J connectivity index is 0.00000253. The summed E-state index contributed by atoms with van der Waals surface area (Å²) in [6.45, 7) is 0. The fourth-order valence-corrected chi connectivity index (χ4v) is 3.80. The van der Waals surface area contributed by atoms with Crippen molar-refractivity contribution in [2.75, 3.05) is 16.4 Å². The van der Waals surface area contributed by atoms with Crippen molar-refractivity contribution in [1.29, 1.82) is 0 Å². The average Bonchev–Trinajstić information content (AvgIpc) is 2.96. The lowest BCUT2D eigenvalue weighted by atomic mass is 10.0. The zero-order chi connectivity index (χ0) is 29.0. The third-order valence-corrected chi connectivity index (χ3v) is 5.71. The summed E-state index contributed by atoms with van der Waals surface area (Å²) < 4.78 is 59.1. The van der Waals surface area contributed by atoms with E-state index in [0.29, 0.717) is 28.0 Å². The maximum absolute atomic E-state index is 13.5. The van der Waals surface area contributed by atoms with E-state index in [1.165, 1.54) is 36.9 Å². The van der Waals surface area contributed by atoms with E-state index in [0.717, 1.165) is 18.3 Å². The highest BCUT2D eigenvalue weighted by Gasteiger charge is 2.31. The molecule has 222 valence electrons. The van der Waals surface area contributed by atoms with Crippen molar-refractivity contribution >= 4 is 48.0 Å². The molecule has 43 heavy (non-hydrogen) atoms. The maximum atomic E-state index is 13.5. The number of carbonyl (C=O) groups is 1. The lowest BCUT2D eigenvalue weighted by Gasteiger charge is -2.15. The highest BCUT2D eigenvalue weighted by Crippen LogP contribution is 2.36. The number of pyridine rings is 2. The number of nitrogens with one attached hydrogen (secondary N) is 2. The van der Waals surface area contributed by atoms with Crippen molar-refractivity contribution in [3.63, 3.8) is 0 Å². The second-order valence-electron chi connectivity index (χ2n) is 8.55. The van der Waals surface area contributed by atoms with Crippen LogP contribution in [0.25, 0.3) is 22.3 Å². The van der Waals surface area contributed by atoms with E-state index in [9.17, 15) is 22.4 Å². The Morgan fingerprint density at radius 3 is 2.19 bits per heavy atom. The van der Waals surface area contributed by atoms with E-state index in [1.54, 1.807) is 36.4 Å². The van der Waals surface area contributed by atoms with Gasteiger partial charge in [0, 0.05) is 29.1 Å². The first-order valence-corrected chi connectivity index (χ1v) is 11.9. The summed E-state index contributed by atoms with van der Waals surface area (Å²) in [6.07, 6.45) is 1.96. The largest absolute Gasteiger partial charge is 0.424 e. The van der Waals surface area contributed by atoms with Crippen LogP contribution in [0.5, 0.6) is 11.8 Å². The third-order valence-electron chi connectivity index (χ3n) is 5.71. The minimum atomic E-state index is -4.60. The fourth-order valence-electron chi connectivity index (χ4n) is 3.80. The number of ether oxygens (including phenoxy) is 1. The van der Waals surface area contributed by atoms with Crippen molar-refractivity contribution in [2.24, 2.45) is 0 Å². The molecule has 0 aliphatic rings. The molecule has 2 aromatic carbocycles. The minimum Gasteiger partial charge on any atom is -0.424 e. The molecule has 0 atom stereocenters. The average molecular weight is 634 g/mol. The molecule has 0 radical (unpaired) electrons. The normalized spacial score (nSPS) is 10.6. The number of hydrogen-bond donors (Lipinski definition) is 3. The first-order chi connectivity index (χ1) is 19.7. The van der Waals surface area contributed by atoms with Crippen molar-refractivity contribution < 1.29 is 27.1 Å². The number of hydrogen-bond acceptors (Lipinski definition) is 7. The van der Waals surface area contributed by atoms with E-state index < -0.39 is 23.6 Å². The molecule has 0 bridgehead atoms. The van der Waals surface area contributed by atoms with E-state index >= 15 is 0 Å². The van der Waals surface area contributed by atoms with Gasteiger partial charge in [-0.3, -0.25) is 4.98 Å². The van der Waals surface area contributed by atoms with Crippen LogP contribution in [-0.4, -0.2) is 26.0 Å². The summed E-state index contributed by atoms with van der Waals surface area (Å²) in [7, 11) is 0. The van der Waals surface area contributed by atoms with Crippen molar-refractivity contribution in [3.05, 3.63) is 103 Å². The van der Waals surface area contributed by atoms with Crippen LogP contribution >= 0.6 is 24.8 Å². The Labute approximate surface area is 254 Å². The van der Waals surface area contributed by atoms with Gasteiger partial charge in [0.25, 0.3) is 0 Å². The van der Waals surface area contributed by atoms with E-state index in [1.807, 2.05) is 0 Å². The Morgan fingerprint density at radius 2 is 1.53 bits per heavy atom. The number of amides is 2. The minimum absolute atomic E-state index is 0. The first-order valence-electron chi connectivity index (χ1n) is 11.9. The number of nitrogens with two attached hydrogens (primary N) is 1. The molecule has 5 rings (SSSR count). The number of anilines is 3. The lowest BCUT2D eigenvalue weighted by Crippen LogP contribution is -2.20. The van der Waals surface area contributed by atoms with Gasteiger partial charge in [-0.2, -0.15) is 13.2 Å². The summed E-state index contributed by atoms with van der Waals surface area (Å²) >= 11 is 0. The van der Waals surface area contributed by atoms with E-state index in [-0.39, 0.29) is 48.0 Å². The lowest BCUT2D eigenvalue weighted by molar-refractivity contribution is -0.137. The van der Waals surface area contributed by atoms with Gasteiger partial charge in [0.2, 0.25) is 0 Å².